The molecule has 4 nitrogen and oxygen atoms in total. The maximum absolute atomic E-state index is 12.0. The van der Waals surface area contributed by atoms with E-state index in [4.69, 9.17) is 10.1 Å². The van der Waals surface area contributed by atoms with E-state index < -0.39 is 0 Å². The number of carbonyl (C=O) groups is 1. The molecule has 18 heavy (non-hydrogen) atoms. The second-order valence-electron chi connectivity index (χ2n) is 6.57. The Balaban J connectivity index is 2.64. The minimum atomic E-state index is -0.251. The van der Waals surface area contributed by atoms with Gasteiger partial charge in [-0.25, -0.2) is 0 Å². The van der Waals surface area contributed by atoms with E-state index in [9.17, 15) is 4.79 Å². The lowest BCUT2D eigenvalue weighted by Gasteiger charge is -2.19. The topological polar surface area (TPSA) is 62.1 Å². The highest BCUT2D eigenvalue weighted by molar-refractivity contribution is 5.78. The van der Waals surface area contributed by atoms with Crippen LogP contribution in [-0.2, 0) is 9.63 Å². The number of nitrogens with one attached hydrogen (secondary N) is 2. The number of rotatable bonds is 3. The van der Waals surface area contributed by atoms with Crippen LogP contribution in [0, 0.1) is 23.3 Å². The van der Waals surface area contributed by atoms with Gasteiger partial charge in [0.05, 0.1) is 11.5 Å². The third-order valence-electron chi connectivity index (χ3n) is 3.25. The highest BCUT2D eigenvalue weighted by Gasteiger charge is 2.61. The van der Waals surface area contributed by atoms with Crippen molar-refractivity contribution in [1.29, 1.82) is 0 Å². The summed E-state index contributed by atoms with van der Waals surface area (Å²) in [6.45, 7) is 11.7. The fraction of sp³-hybridized carbons (Fsp3) is 0.714. The predicted molar refractivity (Wildman–Crippen MR) is 68.3 cm³/mol. The van der Waals surface area contributed by atoms with Crippen molar-refractivity contribution in [3.63, 3.8) is 0 Å². The van der Waals surface area contributed by atoms with E-state index in [2.05, 4.69) is 11.5 Å². The van der Waals surface area contributed by atoms with E-state index in [1.54, 1.807) is 0 Å². The summed E-state index contributed by atoms with van der Waals surface area (Å²) in [6.07, 6.45) is 1.93. The molecule has 0 aliphatic heterocycles. The standard InChI is InChI=1S/C14H22N2O2/c1-9(8-15)7-10-11(14(10,5)6)12(17)18-16-13(2,3)4/h7,10-11,16H,1-6H3/p+1/b9-7-/t10-,11+/m0/s1. The van der Waals surface area contributed by atoms with Gasteiger partial charge in [-0.1, -0.05) is 25.2 Å². The van der Waals surface area contributed by atoms with Crippen LogP contribution in [0.15, 0.2) is 11.6 Å². The zero-order valence-corrected chi connectivity index (χ0v) is 12.0. The number of hydrogen-bond donors (Lipinski definition) is 2. The van der Waals surface area contributed by atoms with E-state index in [-0.39, 0.29) is 28.8 Å². The van der Waals surface area contributed by atoms with Gasteiger partial charge in [-0.2, -0.15) is 0 Å². The molecule has 0 aromatic heterocycles. The minimum Gasteiger partial charge on any atom is -0.370 e. The largest absolute Gasteiger partial charge is 0.370 e. The van der Waals surface area contributed by atoms with Crippen LogP contribution in [0.1, 0.15) is 41.5 Å². The monoisotopic (exact) mass is 251 g/mol. The zero-order chi connectivity index (χ0) is 14.1. The van der Waals surface area contributed by atoms with Crippen molar-refractivity contribution >= 4 is 5.97 Å². The molecule has 0 bridgehead atoms. The molecule has 0 amide bonds. The SMILES string of the molecule is C/C(C#[NH+])=C/[C@H]1[C@H](C(=O)ONC(C)(C)C)C1(C)C. The van der Waals surface area contributed by atoms with E-state index >= 15 is 0 Å². The average molecular weight is 251 g/mol. The lowest BCUT2D eigenvalue weighted by molar-refractivity contribution is -0.157. The van der Waals surface area contributed by atoms with E-state index in [0.717, 1.165) is 5.57 Å². The van der Waals surface area contributed by atoms with Crippen molar-refractivity contribution in [2.45, 2.75) is 47.1 Å². The first kappa shape index (κ1) is 14.7. The van der Waals surface area contributed by atoms with E-state index in [1.807, 2.05) is 47.6 Å². The van der Waals surface area contributed by atoms with Crippen LogP contribution in [0.2, 0.25) is 0 Å². The minimum absolute atomic E-state index is 0.102. The van der Waals surface area contributed by atoms with Crippen molar-refractivity contribution in [3.05, 3.63) is 11.6 Å². The Hall–Kier alpha value is -1.34. The number of allylic oxidation sites excluding steroid dienone is 2. The smallest absolute Gasteiger partial charge is 0.328 e. The third-order valence-corrected chi connectivity index (χ3v) is 3.25. The fourth-order valence-electron chi connectivity index (χ4n) is 2.02. The van der Waals surface area contributed by atoms with Crippen LogP contribution in [0.25, 0.3) is 0 Å². The summed E-state index contributed by atoms with van der Waals surface area (Å²) in [6, 6.07) is 2.33. The zero-order valence-electron chi connectivity index (χ0n) is 12.0. The Morgan fingerprint density at radius 3 is 2.44 bits per heavy atom. The molecule has 1 aliphatic rings. The normalized spacial score (nSPS) is 26.4. The Morgan fingerprint density at radius 1 is 1.44 bits per heavy atom. The van der Waals surface area contributed by atoms with Crippen molar-refractivity contribution in [2.75, 3.05) is 0 Å². The van der Waals surface area contributed by atoms with Crippen LogP contribution < -0.4 is 10.7 Å². The Kier molecular flexibility index (Phi) is 3.87. The molecule has 1 fully saturated rings. The molecular weight excluding hydrogens is 228 g/mol. The van der Waals surface area contributed by atoms with Gasteiger partial charge in [-0.3, -0.25) is 4.79 Å². The molecule has 100 valence electrons. The maximum Gasteiger partial charge on any atom is 0.328 e. The summed E-state index contributed by atoms with van der Waals surface area (Å²) in [4.78, 5) is 17.1. The fourth-order valence-corrected chi connectivity index (χ4v) is 2.02. The second kappa shape index (κ2) is 4.74. The molecule has 0 heterocycles. The molecule has 1 aliphatic carbocycles. The lowest BCUT2D eigenvalue weighted by atomic mass is 10.1. The maximum atomic E-state index is 12.0. The van der Waals surface area contributed by atoms with Crippen molar-refractivity contribution in [1.82, 2.24) is 5.48 Å². The predicted octanol–water partition coefficient (Wildman–Crippen LogP) is 0.824. The van der Waals surface area contributed by atoms with Gasteiger partial charge in [-0.05, 0) is 39.0 Å². The molecule has 0 aromatic rings. The lowest BCUT2D eigenvalue weighted by Crippen LogP contribution is -2.38. The molecule has 0 aromatic carbocycles. The van der Waals surface area contributed by atoms with Gasteiger partial charge < -0.3 is 4.84 Å². The highest BCUT2D eigenvalue weighted by Crippen LogP contribution is 2.59. The molecule has 1 rings (SSSR count). The van der Waals surface area contributed by atoms with Gasteiger partial charge >= 0.3 is 12.0 Å². The number of hydrogen-bond acceptors (Lipinski definition) is 3. The second-order valence-corrected chi connectivity index (χ2v) is 6.57. The molecule has 4 heteroatoms. The van der Waals surface area contributed by atoms with Crippen molar-refractivity contribution in [3.8, 4) is 6.07 Å². The van der Waals surface area contributed by atoms with Crippen molar-refractivity contribution < 1.29 is 14.9 Å². The first-order valence-electron chi connectivity index (χ1n) is 6.18. The van der Waals surface area contributed by atoms with E-state index in [1.165, 1.54) is 0 Å². The van der Waals surface area contributed by atoms with E-state index in [0.29, 0.717) is 0 Å². The summed E-state index contributed by atoms with van der Waals surface area (Å²) in [7, 11) is 0. The molecule has 1 saturated carbocycles. The molecular formula is C14H23N2O2+. The summed E-state index contributed by atoms with van der Waals surface area (Å²) >= 11 is 0. The average Bonchev–Trinajstić information content (AvgIpc) is 2.76. The molecule has 0 radical (unpaired) electrons. The van der Waals surface area contributed by atoms with Gasteiger partial charge in [0.15, 0.2) is 0 Å². The molecule has 0 spiro atoms. The first-order valence-corrected chi connectivity index (χ1v) is 6.18. The van der Waals surface area contributed by atoms with Gasteiger partial charge in [-0.15, -0.1) is 5.48 Å². The van der Waals surface area contributed by atoms with Crippen LogP contribution in [0.3, 0.4) is 0 Å². The highest BCUT2D eigenvalue weighted by atomic mass is 16.7. The van der Waals surface area contributed by atoms with Gasteiger partial charge in [0.2, 0.25) is 0 Å². The summed E-state index contributed by atoms with van der Waals surface area (Å²) in [5, 5.41) is 7.05. The third kappa shape index (κ3) is 3.33. The number of carbonyl (C=O) groups excluding carboxylic acids is 1. The Bertz CT molecular complexity index is 410. The summed E-state index contributed by atoms with van der Waals surface area (Å²) < 4.78 is 0. The number of hydroxylamine groups is 1. The Labute approximate surface area is 109 Å². The molecule has 2 atom stereocenters. The molecule has 0 saturated heterocycles. The van der Waals surface area contributed by atoms with Crippen LogP contribution in [0.5, 0.6) is 0 Å². The first-order chi connectivity index (χ1) is 8.09. The van der Waals surface area contributed by atoms with Gasteiger partial charge in [0.25, 0.3) is 0 Å². The summed E-state index contributed by atoms with van der Waals surface area (Å²) in [5.74, 6) is -0.241. The van der Waals surface area contributed by atoms with Crippen LogP contribution >= 0.6 is 0 Å². The van der Waals surface area contributed by atoms with Crippen LogP contribution in [0.4, 0.5) is 0 Å². The molecule has 2 N–H and O–H groups in total. The quantitative estimate of drug-likeness (QED) is 0.577. The van der Waals surface area contributed by atoms with Crippen molar-refractivity contribution in [2.24, 2.45) is 17.3 Å². The van der Waals surface area contributed by atoms with Gasteiger partial charge in [0, 0.05) is 5.54 Å². The summed E-state index contributed by atoms with van der Waals surface area (Å²) in [5.41, 5.74) is 3.15. The molecule has 0 unspecified atom stereocenters. The van der Waals surface area contributed by atoms with Gasteiger partial charge in [0.1, 0.15) is 0 Å². The Morgan fingerprint density at radius 2 is 2.00 bits per heavy atom. The van der Waals surface area contributed by atoms with Crippen LogP contribution in [-0.4, -0.2) is 11.5 Å².